The zero-order valence-electron chi connectivity index (χ0n) is 39.0. The van der Waals surface area contributed by atoms with Crippen molar-refractivity contribution in [3.63, 3.8) is 0 Å². The lowest BCUT2D eigenvalue weighted by Crippen LogP contribution is -2.33. The largest absolute Gasteiger partial charge is 0.480 e. The lowest BCUT2D eigenvalue weighted by atomic mass is 10.1. The minimum Gasteiger partial charge on any atom is -0.480 e. The highest BCUT2D eigenvalue weighted by molar-refractivity contribution is 5.73. The third-order valence-corrected chi connectivity index (χ3v) is 7.60. The van der Waals surface area contributed by atoms with Crippen LogP contribution in [-0.2, 0) is 45.2 Å². The second-order valence-corrected chi connectivity index (χ2v) is 12.8. The molecular weight excluding hydrogens is 789 g/mol. The van der Waals surface area contributed by atoms with E-state index in [4.69, 9.17) is 24.4 Å². The van der Waals surface area contributed by atoms with Gasteiger partial charge in [0.25, 0.3) is 0 Å². The van der Waals surface area contributed by atoms with Gasteiger partial charge >= 0.3 is 5.97 Å². The van der Waals surface area contributed by atoms with E-state index in [1.807, 2.05) is 56.4 Å². The number of hydrogen-bond acceptors (Lipinski definition) is 15. The fourth-order valence-corrected chi connectivity index (χ4v) is 4.37. The normalized spacial score (nSPS) is 10.0. The van der Waals surface area contributed by atoms with E-state index in [2.05, 4.69) is 109 Å². The molecule has 0 aliphatic heterocycles. The predicted molar refractivity (Wildman–Crippen MR) is 268 cm³/mol. The number of aliphatic carboxylic acids is 1. The van der Waals surface area contributed by atoms with Gasteiger partial charge in [-0.1, -0.05) is 84.2 Å². The minimum absolute atomic E-state index is 0. The number of carboxylic acid groups (broad SMARTS) is 1. The van der Waals surface area contributed by atoms with Crippen molar-refractivity contribution in [1.82, 2.24) is 53.2 Å². The number of aliphatic hydroxyl groups is 1. The summed E-state index contributed by atoms with van der Waals surface area (Å²) in [5, 5.41) is 46.1. The van der Waals surface area contributed by atoms with Crippen LogP contribution in [0.15, 0.2) is 48.5 Å². The molecule has 2 aromatic carbocycles. The molecular formula is C46H102N10O6. The highest BCUT2D eigenvalue weighted by Gasteiger charge is 2.13. The molecule has 0 radical (unpaired) electrons. The van der Waals surface area contributed by atoms with E-state index in [9.17, 15) is 4.79 Å². The lowest BCUT2D eigenvalue weighted by molar-refractivity contribution is -0.139. The van der Waals surface area contributed by atoms with Gasteiger partial charge in [0.1, 0.15) is 6.04 Å². The summed E-state index contributed by atoms with van der Waals surface area (Å²) in [4.78, 5) is 10.5. The molecule has 0 spiro atoms. The highest BCUT2D eigenvalue weighted by atomic mass is 16.5. The molecule has 0 amide bonds. The van der Waals surface area contributed by atoms with E-state index < -0.39 is 5.97 Å². The fourth-order valence-electron chi connectivity index (χ4n) is 4.37. The van der Waals surface area contributed by atoms with Crippen LogP contribution < -0.4 is 53.2 Å². The van der Waals surface area contributed by atoms with Crippen LogP contribution in [0.1, 0.15) is 70.7 Å². The van der Waals surface area contributed by atoms with Gasteiger partial charge < -0.3 is 72.3 Å². The SMILES string of the molecule is C.C.C.CCNC.CNCCCCC(NC)C(=O)O.CNCCOCCOCCOCCNC.CNCO.CNCc1ccc(CNC)cc1.CNCc1cccc(CNC)c1. The van der Waals surface area contributed by atoms with Gasteiger partial charge in [0.2, 0.25) is 0 Å². The smallest absolute Gasteiger partial charge is 0.320 e. The minimum atomic E-state index is -0.762. The summed E-state index contributed by atoms with van der Waals surface area (Å²) < 4.78 is 15.9. The highest BCUT2D eigenvalue weighted by Crippen LogP contribution is 2.05. The van der Waals surface area contributed by atoms with Crippen molar-refractivity contribution >= 4 is 5.97 Å². The van der Waals surface area contributed by atoms with Gasteiger partial charge in [-0.05, 0) is 119 Å². The quantitative estimate of drug-likeness (QED) is 0.0419. The summed E-state index contributed by atoms with van der Waals surface area (Å²) in [7, 11) is 18.8. The Morgan fingerprint density at radius 2 is 0.871 bits per heavy atom. The Labute approximate surface area is 382 Å². The Hall–Kier alpha value is -2.65. The molecule has 0 aliphatic carbocycles. The van der Waals surface area contributed by atoms with Crippen LogP contribution in [0.3, 0.4) is 0 Å². The zero-order chi connectivity index (χ0) is 45.0. The summed E-state index contributed by atoms with van der Waals surface area (Å²) in [5.74, 6) is -0.762. The third kappa shape index (κ3) is 59.4. The summed E-state index contributed by atoms with van der Waals surface area (Å²) in [6, 6.07) is 16.8. The maximum Gasteiger partial charge on any atom is 0.320 e. The fraction of sp³-hybridized carbons (Fsp3) is 0.717. The topological polar surface area (TPSA) is 206 Å². The van der Waals surface area contributed by atoms with Crippen LogP contribution in [-0.4, -0.2) is 165 Å². The van der Waals surface area contributed by atoms with Gasteiger partial charge in [-0.15, -0.1) is 0 Å². The van der Waals surface area contributed by atoms with Crippen molar-refractivity contribution in [2.75, 3.05) is 143 Å². The maximum absolute atomic E-state index is 10.5. The van der Waals surface area contributed by atoms with Crippen molar-refractivity contribution in [2.24, 2.45) is 0 Å². The number of carbonyl (C=O) groups is 1. The molecule has 372 valence electrons. The van der Waals surface area contributed by atoms with Crippen LogP contribution in [0.25, 0.3) is 0 Å². The van der Waals surface area contributed by atoms with Crippen molar-refractivity contribution in [3.05, 3.63) is 70.8 Å². The molecule has 12 N–H and O–H groups in total. The van der Waals surface area contributed by atoms with E-state index in [1.54, 1.807) is 14.1 Å². The van der Waals surface area contributed by atoms with Gasteiger partial charge in [-0.25, -0.2) is 0 Å². The Morgan fingerprint density at radius 3 is 1.16 bits per heavy atom. The first-order valence-corrected chi connectivity index (χ1v) is 20.9. The standard InChI is InChI=1S/C10H24N2O3.2C10H16N2.C8H18N2O2.C3H9N.C2H7NO.3CH4/c1-11-3-5-13-7-9-15-10-8-14-6-4-12-2;1-11-7-9-3-5-10(6-4-9)8-12-2;1-11-7-9-4-3-5-10(6-9)8-12-2;1-9-6-4-3-5-7(10-2)8(11)12;1-3-4-2;1-3-2-4;;;/h11-12H,3-10H2,1-2H3;2*3-6,11-12H,7-8H2,1-2H3;7,9-10H,3-6H2,1-2H3,(H,11,12);4H,3H2,1-2H3;3-4H,2H2,1H3;3*1H4. The number of hydrogen-bond donors (Lipinski definition) is 12. The van der Waals surface area contributed by atoms with Gasteiger partial charge in [-0.2, -0.15) is 0 Å². The average Bonchev–Trinajstić information content (AvgIpc) is 3.25. The predicted octanol–water partition coefficient (Wildman–Crippen LogP) is 3.06. The molecule has 1 atom stereocenters. The Bertz CT molecular complexity index is 1010. The number of benzene rings is 2. The summed E-state index contributed by atoms with van der Waals surface area (Å²) in [6.45, 7) is 13.7. The van der Waals surface area contributed by atoms with E-state index in [0.29, 0.717) is 32.8 Å². The van der Waals surface area contributed by atoms with Gasteiger partial charge in [-0.3, -0.25) is 10.1 Å². The first kappa shape index (κ1) is 73.7. The molecule has 1 unspecified atom stereocenters. The summed E-state index contributed by atoms with van der Waals surface area (Å²) >= 11 is 0. The number of carboxylic acids is 1. The van der Waals surface area contributed by atoms with Gasteiger partial charge in [0, 0.05) is 39.3 Å². The molecule has 2 rings (SSSR count). The second kappa shape index (κ2) is 65.0. The van der Waals surface area contributed by atoms with Crippen molar-refractivity contribution < 1.29 is 29.2 Å². The Balaban J connectivity index is -0.000000121. The van der Waals surface area contributed by atoms with Crippen molar-refractivity contribution in [1.29, 1.82) is 0 Å². The maximum atomic E-state index is 10.5. The molecule has 0 saturated heterocycles. The van der Waals surface area contributed by atoms with Crippen molar-refractivity contribution in [3.8, 4) is 0 Å². The number of nitrogens with one attached hydrogen (secondary N) is 10. The third-order valence-electron chi connectivity index (χ3n) is 7.60. The van der Waals surface area contributed by atoms with Crippen LogP contribution in [0.4, 0.5) is 0 Å². The van der Waals surface area contributed by atoms with Crippen LogP contribution in [0, 0.1) is 0 Å². The van der Waals surface area contributed by atoms with Crippen molar-refractivity contribution in [2.45, 2.75) is 80.7 Å². The molecule has 2 aromatic rings. The first-order valence-electron chi connectivity index (χ1n) is 20.9. The summed E-state index contributed by atoms with van der Waals surface area (Å²) in [6.07, 6.45) is 2.67. The van der Waals surface area contributed by atoms with E-state index in [0.717, 1.165) is 78.4 Å². The molecule has 62 heavy (non-hydrogen) atoms. The van der Waals surface area contributed by atoms with Crippen LogP contribution in [0.2, 0.25) is 0 Å². The second-order valence-electron chi connectivity index (χ2n) is 12.8. The molecule has 16 heteroatoms. The molecule has 0 fully saturated rings. The first-order chi connectivity index (χ1) is 28.7. The molecule has 0 aromatic heterocycles. The van der Waals surface area contributed by atoms with Gasteiger partial charge in [0.15, 0.2) is 0 Å². The van der Waals surface area contributed by atoms with E-state index >= 15 is 0 Å². The Morgan fingerprint density at radius 1 is 0.516 bits per heavy atom. The molecule has 0 saturated carbocycles. The summed E-state index contributed by atoms with van der Waals surface area (Å²) in [5.41, 5.74) is 5.34. The van der Waals surface area contributed by atoms with Gasteiger partial charge in [0.05, 0.1) is 46.4 Å². The van der Waals surface area contributed by atoms with E-state index in [1.165, 1.54) is 22.3 Å². The zero-order valence-corrected chi connectivity index (χ0v) is 39.0. The van der Waals surface area contributed by atoms with Crippen LogP contribution >= 0.6 is 0 Å². The number of likely N-dealkylation sites (N-methyl/N-ethyl adjacent to an activating group) is 3. The number of rotatable bonds is 29. The Kier molecular flexibility index (Phi) is 77.3. The molecule has 0 bridgehead atoms. The lowest BCUT2D eigenvalue weighted by Gasteiger charge is -2.09. The van der Waals surface area contributed by atoms with E-state index in [-0.39, 0.29) is 35.1 Å². The molecule has 0 aliphatic rings. The number of aliphatic hydroxyl groups excluding tert-OH is 1. The number of ether oxygens (including phenoxy) is 3. The molecule has 0 heterocycles. The molecule has 16 nitrogen and oxygen atoms in total. The monoisotopic (exact) mass is 891 g/mol. The number of unbranched alkanes of at least 4 members (excludes halogenated alkanes) is 1. The van der Waals surface area contributed by atoms with Crippen LogP contribution in [0.5, 0.6) is 0 Å². The average molecular weight is 891 g/mol.